The van der Waals surface area contributed by atoms with Gasteiger partial charge in [-0.3, -0.25) is 0 Å². The molecule has 0 amide bonds. The number of benzene rings is 1. The maximum absolute atomic E-state index is 11.7. The molecule has 5 nitrogen and oxygen atoms in total. The summed E-state index contributed by atoms with van der Waals surface area (Å²) in [5, 5.41) is 8.87. The van der Waals surface area contributed by atoms with Gasteiger partial charge < -0.3 is 5.11 Å². The Balaban J connectivity index is 3.37. The first-order chi connectivity index (χ1) is 7.40. The maximum Gasteiger partial charge on any atom is 0.335 e. The molecule has 0 radical (unpaired) electrons. The van der Waals surface area contributed by atoms with Gasteiger partial charge in [0.25, 0.3) is 0 Å². The highest BCUT2D eigenvalue weighted by Crippen LogP contribution is 2.18. The maximum atomic E-state index is 11.7. The van der Waals surface area contributed by atoms with Crippen LogP contribution in [0.1, 0.15) is 22.8 Å². The summed E-state index contributed by atoms with van der Waals surface area (Å²) in [5.74, 6) is -1.13. The number of carboxylic acids is 1. The van der Waals surface area contributed by atoms with Crippen LogP contribution in [0, 0.1) is 6.92 Å². The zero-order valence-corrected chi connectivity index (χ0v) is 9.84. The van der Waals surface area contributed by atoms with Crippen molar-refractivity contribution in [2.75, 3.05) is 6.54 Å². The van der Waals surface area contributed by atoms with Gasteiger partial charge in [0.2, 0.25) is 10.0 Å². The van der Waals surface area contributed by atoms with Gasteiger partial charge in [0, 0.05) is 6.54 Å². The number of hydrogen-bond acceptors (Lipinski definition) is 3. The van der Waals surface area contributed by atoms with Gasteiger partial charge in [-0.2, -0.15) is 0 Å². The van der Waals surface area contributed by atoms with Crippen LogP contribution in [0.15, 0.2) is 23.1 Å². The summed E-state index contributed by atoms with van der Waals surface area (Å²) in [5.41, 5.74) is 0.245. The van der Waals surface area contributed by atoms with E-state index in [2.05, 4.69) is 4.72 Å². The third-order valence-electron chi connectivity index (χ3n) is 2.14. The van der Waals surface area contributed by atoms with Crippen LogP contribution in [0.25, 0.3) is 0 Å². The molecular weight excluding hydrogens is 230 g/mol. The molecule has 0 saturated carbocycles. The summed E-state index contributed by atoms with van der Waals surface area (Å²) in [6.07, 6.45) is 0. The number of hydrogen-bond donors (Lipinski definition) is 2. The van der Waals surface area contributed by atoms with Gasteiger partial charge >= 0.3 is 5.97 Å². The fraction of sp³-hybridized carbons (Fsp3) is 0.300. The van der Waals surface area contributed by atoms with E-state index < -0.39 is 16.0 Å². The highest BCUT2D eigenvalue weighted by Gasteiger charge is 2.19. The fourth-order valence-electron chi connectivity index (χ4n) is 1.41. The molecule has 0 aliphatic heterocycles. The van der Waals surface area contributed by atoms with E-state index in [0.29, 0.717) is 0 Å². The second kappa shape index (κ2) is 4.63. The number of nitrogens with one attached hydrogen (secondary N) is 1. The summed E-state index contributed by atoms with van der Waals surface area (Å²) < 4.78 is 25.8. The largest absolute Gasteiger partial charge is 0.478 e. The molecule has 6 heteroatoms. The lowest BCUT2D eigenvalue weighted by atomic mass is 10.1. The topological polar surface area (TPSA) is 83.5 Å². The molecule has 1 aromatic rings. The number of sulfonamides is 1. The van der Waals surface area contributed by atoms with Crippen molar-refractivity contribution in [1.29, 1.82) is 0 Å². The van der Waals surface area contributed by atoms with Crippen molar-refractivity contribution in [1.82, 2.24) is 4.72 Å². The predicted molar refractivity (Wildman–Crippen MR) is 59.0 cm³/mol. The molecule has 0 bridgehead atoms. The van der Waals surface area contributed by atoms with Gasteiger partial charge in [-0.05, 0) is 24.6 Å². The van der Waals surface area contributed by atoms with Crippen LogP contribution in [-0.2, 0) is 10.0 Å². The first-order valence-electron chi connectivity index (χ1n) is 4.72. The monoisotopic (exact) mass is 243 g/mol. The van der Waals surface area contributed by atoms with E-state index in [1.807, 2.05) is 0 Å². The normalized spacial score (nSPS) is 11.4. The Bertz CT molecular complexity index is 508. The van der Waals surface area contributed by atoms with Crippen molar-refractivity contribution in [3.05, 3.63) is 29.3 Å². The van der Waals surface area contributed by atoms with Crippen LogP contribution in [0.4, 0.5) is 0 Å². The van der Waals surface area contributed by atoms with E-state index in [9.17, 15) is 13.2 Å². The number of carbonyl (C=O) groups is 1. The van der Waals surface area contributed by atoms with Crippen molar-refractivity contribution in [2.45, 2.75) is 18.7 Å². The average molecular weight is 243 g/mol. The molecule has 1 rings (SSSR count). The minimum Gasteiger partial charge on any atom is -0.478 e. The lowest BCUT2D eigenvalue weighted by molar-refractivity contribution is 0.0696. The van der Waals surface area contributed by atoms with E-state index in [-0.39, 0.29) is 22.6 Å². The third-order valence-corrected chi connectivity index (χ3v) is 3.83. The molecule has 0 aromatic heterocycles. The summed E-state index contributed by atoms with van der Waals surface area (Å²) in [6, 6.07) is 4.18. The van der Waals surface area contributed by atoms with Crippen LogP contribution >= 0.6 is 0 Å². The second-order valence-corrected chi connectivity index (χ2v) is 4.97. The van der Waals surface area contributed by atoms with Gasteiger partial charge in [-0.1, -0.05) is 13.0 Å². The van der Waals surface area contributed by atoms with Crippen molar-refractivity contribution >= 4 is 16.0 Å². The van der Waals surface area contributed by atoms with Crippen LogP contribution in [0.5, 0.6) is 0 Å². The fourth-order valence-corrected chi connectivity index (χ4v) is 2.71. The zero-order valence-electron chi connectivity index (χ0n) is 9.02. The van der Waals surface area contributed by atoms with E-state index in [4.69, 9.17) is 5.11 Å². The SMILES string of the molecule is CCNS(=O)(=O)c1cccc(C(=O)O)c1C. The van der Waals surface area contributed by atoms with Gasteiger partial charge in [0.05, 0.1) is 10.5 Å². The Morgan fingerprint density at radius 3 is 2.56 bits per heavy atom. The lowest BCUT2D eigenvalue weighted by Gasteiger charge is -2.09. The molecule has 2 N–H and O–H groups in total. The van der Waals surface area contributed by atoms with Crippen LogP contribution in [-0.4, -0.2) is 26.0 Å². The lowest BCUT2D eigenvalue weighted by Crippen LogP contribution is -2.24. The molecule has 0 aliphatic rings. The van der Waals surface area contributed by atoms with E-state index in [1.165, 1.54) is 25.1 Å². The molecule has 0 unspecified atom stereocenters. The predicted octanol–water partition coefficient (Wildman–Crippen LogP) is 0.991. The number of rotatable bonds is 4. The van der Waals surface area contributed by atoms with Crippen LogP contribution in [0.2, 0.25) is 0 Å². The van der Waals surface area contributed by atoms with E-state index >= 15 is 0 Å². The second-order valence-electron chi connectivity index (χ2n) is 3.24. The zero-order chi connectivity index (χ0) is 12.3. The molecule has 0 spiro atoms. The molecule has 16 heavy (non-hydrogen) atoms. The molecule has 1 aromatic carbocycles. The standard InChI is InChI=1S/C10H13NO4S/c1-3-11-16(14,15)9-6-4-5-8(7(9)2)10(12)13/h4-6,11H,3H2,1-2H3,(H,12,13). The number of carboxylic acid groups (broad SMARTS) is 1. The minimum absolute atomic E-state index is 0.000946. The highest BCUT2D eigenvalue weighted by molar-refractivity contribution is 7.89. The Kier molecular flexibility index (Phi) is 3.66. The average Bonchev–Trinajstić information content (AvgIpc) is 2.17. The Hall–Kier alpha value is -1.40. The first-order valence-corrected chi connectivity index (χ1v) is 6.21. The summed E-state index contributed by atoms with van der Waals surface area (Å²) in [4.78, 5) is 10.9. The van der Waals surface area contributed by atoms with Crippen molar-refractivity contribution in [2.24, 2.45) is 0 Å². The molecule has 0 heterocycles. The van der Waals surface area contributed by atoms with Crippen LogP contribution < -0.4 is 4.72 Å². The van der Waals surface area contributed by atoms with Gasteiger partial charge in [0.15, 0.2) is 0 Å². The smallest absolute Gasteiger partial charge is 0.335 e. The minimum atomic E-state index is -3.61. The van der Waals surface area contributed by atoms with Gasteiger partial charge in [-0.25, -0.2) is 17.9 Å². The van der Waals surface area contributed by atoms with Gasteiger partial charge in [-0.15, -0.1) is 0 Å². The van der Waals surface area contributed by atoms with E-state index in [1.54, 1.807) is 6.92 Å². The Morgan fingerprint density at radius 2 is 2.06 bits per heavy atom. The highest BCUT2D eigenvalue weighted by atomic mass is 32.2. The quantitative estimate of drug-likeness (QED) is 0.826. The van der Waals surface area contributed by atoms with Crippen molar-refractivity contribution < 1.29 is 18.3 Å². The molecule has 0 saturated heterocycles. The summed E-state index contributed by atoms with van der Waals surface area (Å²) in [6.45, 7) is 3.40. The molecule has 0 fully saturated rings. The summed E-state index contributed by atoms with van der Waals surface area (Å²) >= 11 is 0. The molecule has 0 aliphatic carbocycles. The third kappa shape index (κ3) is 2.40. The van der Waals surface area contributed by atoms with Crippen molar-refractivity contribution in [3.8, 4) is 0 Å². The van der Waals surface area contributed by atoms with Crippen molar-refractivity contribution in [3.63, 3.8) is 0 Å². The first kappa shape index (κ1) is 12.7. The molecule has 0 atom stereocenters. The Morgan fingerprint density at radius 1 is 1.44 bits per heavy atom. The van der Waals surface area contributed by atoms with E-state index in [0.717, 1.165) is 0 Å². The molecular formula is C10H13NO4S. The molecule has 88 valence electrons. The summed E-state index contributed by atoms with van der Waals surface area (Å²) in [7, 11) is -3.61. The van der Waals surface area contributed by atoms with Gasteiger partial charge in [0.1, 0.15) is 0 Å². The number of aromatic carboxylic acids is 1. The van der Waals surface area contributed by atoms with Crippen LogP contribution in [0.3, 0.4) is 0 Å². The Labute approximate surface area is 94.2 Å².